The number of hydrogen-bond donors (Lipinski definition) is 1. The van der Waals surface area contributed by atoms with E-state index < -0.39 is 6.09 Å². The second kappa shape index (κ2) is 14.7. The van der Waals surface area contributed by atoms with E-state index in [0.29, 0.717) is 31.9 Å². The third-order valence-electron chi connectivity index (χ3n) is 5.24. The zero-order valence-corrected chi connectivity index (χ0v) is 20.5. The van der Waals surface area contributed by atoms with Crippen LogP contribution in [-0.4, -0.2) is 49.1 Å². The highest BCUT2D eigenvalue weighted by Gasteiger charge is 2.18. The van der Waals surface area contributed by atoms with Crippen LogP contribution in [0.2, 0.25) is 0 Å². The van der Waals surface area contributed by atoms with Gasteiger partial charge in [0.1, 0.15) is 12.3 Å². The number of carbonyl (C=O) groups is 3. The van der Waals surface area contributed by atoms with Crippen molar-refractivity contribution < 1.29 is 23.9 Å². The molecule has 2 amide bonds. The molecule has 0 aliphatic carbocycles. The number of esters is 1. The minimum Gasteiger partial charge on any atom is -0.449 e. The molecule has 0 unspecified atom stereocenters. The number of nitrogens with one attached hydrogen (secondary N) is 1. The molecule has 0 aromatic heterocycles. The summed E-state index contributed by atoms with van der Waals surface area (Å²) in [6.45, 7) is 6.76. The molecule has 0 bridgehead atoms. The van der Waals surface area contributed by atoms with Crippen LogP contribution in [0.3, 0.4) is 0 Å². The Morgan fingerprint density at radius 2 is 1.65 bits per heavy atom. The molecular formula is C27H36N2O5. The minimum absolute atomic E-state index is 0.0253. The van der Waals surface area contributed by atoms with Crippen LogP contribution in [0.15, 0.2) is 48.5 Å². The Hall–Kier alpha value is -3.35. The van der Waals surface area contributed by atoms with Gasteiger partial charge in [-0.25, -0.2) is 4.79 Å². The summed E-state index contributed by atoms with van der Waals surface area (Å²) in [5, 5.41) is 2.85. The first-order valence-electron chi connectivity index (χ1n) is 12.0. The smallest absolute Gasteiger partial charge is 0.410 e. The molecule has 2 aromatic rings. The van der Waals surface area contributed by atoms with E-state index in [2.05, 4.69) is 12.2 Å². The van der Waals surface area contributed by atoms with Crippen LogP contribution in [0.5, 0.6) is 5.75 Å². The van der Waals surface area contributed by atoms with Gasteiger partial charge >= 0.3 is 12.1 Å². The maximum absolute atomic E-state index is 12.6. The first-order valence-corrected chi connectivity index (χ1v) is 12.0. The average molecular weight is 469 g/mol. The predicted octanol–water partition coefficient (Wildman–Crippen LogP) is 4.98. The minimum atomic E-state index is -0.467. The van der Waals surface area contributed by atoms with E-state index >= 15 is 0 Å². The van der Waals surface area contributed by atoms with Crippen LogP contribution < -0.4 is 10.1 Å². The van der Waals surface area contributed by atoms with Crippen molar-refractivity contribution in [3.05, 3.63) is 54.1 Å². The number of nitrogens with zero attached hydrogens (tertiary/aromatic N) is 1. The lowest BCUT2D eigenvalue weighted by atomic mass is 10.0. The normalized spacial score (nSPS) is 10.4. The fourth-order valence-corrected chi connectivity index (χ4v) is 3.33. The summed E-state index contributed by atoms with van der Waals surface area (Å²) in [6, 6.07) is 15.2. The highest BCUT2D eigenvalue weighted by Crippen LogP contribution is 2.30. The van der Waals surface area contributed by atoms with Crippen molar-refractivity contribution in [1.82, 2.24) is 10.2 Å². The quantitative estimate of drug-likeness (QED) is 0.255. The van der Waals surface area contributed by atoms with Gasteiger partial charge in [0.25, 0.3) is 0 Å². The van der Waals surface area contributed by atoms with Crippen LogP contribution in [-0.2, 0) is 20.7 Å². The average Bonchev–Trinajstić information content (AvgIpc) is 2.82. The van der Waals surface area contributed by atoms with Gasteiger partial charge in [0.2, 0.25) is 5.91 Å². The summed E-state index contributed by atoms with van der Waals surface area (Å²) in [4.78, 5) is 37.7. The zero-order chi connectivity index (χ0) is 24.8. The molecule has 7 heteroatoms. The molecule has 0 saturated carbocycles. The van der Waals surface area contributed by atoms with Gasteiger partial charge in [0.05, 0.1) is 6.61 Å². The van der Waals surface area contributed by atoms with Crippen LogP contribution in [0.25, 0.3) is 11.1 Å². The molecule has 34 heavy (non-hydrogen) atoms. The van der Waals surface area contributed by atoms with Crippen molar-refractivity contribution in [3.8, 4) is 16.9 Å². The molecule has 1 N–H and O–H groups in total. The molecule has 0 saturated heterocycles. The Kier molecular flexibility index (Phi) is 11.7. The number of benzene rings is 2. The molecule has 0 radical (unpaired) electrons. The lowest BCUT2D eigenvalue weighted by Gasteiger charge is -2.22. The van der Waals surface area contributed by atoms with E-state index in [1.165, 1.54) is 11.8 Å². The molecule has 2 rings (SSSR count). The molecule has 7 nitrogen and oxygen atoms in total. The summed E-state index contributed by atoms with van der Waals surface area (Å²) < 4.78 is 10.7. The third kappa shape index (κ3) is 9.25. The summed E-state index contributed by atoms with van der Waals surface area (Å²) in [5.74, 6) is -0.0372. The Morgan fingerprint density at radius 3 is 2.32 bits per heavy atom. The zero-order valence-electron chi connectivity index (χ0n) is 20.5. The lowest BCUT2D eigenvalue weighted by Crippen LogP contribution is -2.42. The van der Waals surface area contributed by atoms with Gasteiger partial charge in [-0.15, -0.1) is 0 Å². The van der Waals surface area contributed by atoms with Crippen molar-refractivity contribution in [2.24, 2.45) is 0 Å². The fourth-order valence-electron chi connectivity index (χ4n) is 3.33. The Bertz CT molecular complexity index is 927. The lowest BCUT2D eigenvalue weighted by molar-refractivity contribution is -0.131. The summed E-state index contributed by atoms with van der Waals surface area (Å²) >= 11 is 0. The summed E-state index contributed by atoms with van der Waals surface area (Å²) in [7, 11) is 0. The van der Waals surface area contributed by atoms with E-state index in [1.807, 2.05) is 49.4 Å². The second-order valence-electron chi connectivity index (χ2n) is 8.13. The van der Waals surface area contributed by atoms with Gasteiger partial charge < -0.3 is 14.8 Å². The number of unbranched alkanes of at least 4 members (excludes halogenated alkanes) is 2. The first-order chi connectivity index (χ1) is 16.4. The van der Waals surface area contributed by atoms with Crippen molar-refractivity contribution in [3.63, 3.8) is 0 Å². The van der Waals surface area contributed by atoms with Crippen LogP contribution in [0.4, 0.5) is 4.79 Å². The second-order valence-corrected chi connectivity index (χ2v) is 8.13. The Balaban J connectivity index is 2.04. The maximum atomic E-state index is 12.6. The van der Waals surface area contributed by atoms with Crippen LogP contribution >= 0.6 is 0 Å². The molecule has 0 atom stereocenters. The SMILES string of the molecule is CCCCNC(=O)CN(CCc1ccc(-c2ccccc2OC(C)=O)cc1)C(=O)OCCCC. The fraction of sp³-hybridized carbons (Fsp3) is 0.444. The molecule has 0 fully saturated rings. The molecule has 0 aliphatic rings. The maximum Gasteiger partial charge on any atom is 0.410 e. The van der Waals surface area contributed by atoms with Gasteiger partial charge in [-0.1, -0.05) is 69.2 Å². The number of amides is 2. The third-order valence-corrected chi connectivity index (χ3v) is 5.24. The van der Waals surface area contributed by atoms with E-state index in [0.717, 1.165) is 42.4 Å². The van der Waals surface area contributed by atoms with Crippen molar-refractivity contribution in [1.29, 1.82) is 0 Å². The van der Waals surface area contributed by atoms with Crippen molar-refractivity contribution in [2.45, 2.75) is 52.9 Å². The number of para-hydroxylation sites is 1. The topological polar surface area (TPSA) is 84.9 Å². The number of hydrogen-bond acceptors (Lipinski definition) is 5. The predicted molar refractivity (Wildman–Crippen MR) is 133 cm³/mol. The highest BCUT2D eigenvalue weighted by atomic mass is 16.6. The molecule has 0 aliphatic heterocycles. The first kappa shape index (κ1) is 26.9. The summed E-state index contributed by atoms with van der Waals surface area (Å²) in [5.41, 5.74) is 2.77. The van der Waals surface area contributed by atoms with Gasteiger partial charge in [-0.2, -0.15) is 0 Å². The van der Waals surface area contributed by atoms with Gasteiger partial charge in [-0.3, -0.25) is 14.5 Å². The summed E-state index contributed by atoms with van der Waals surface area (Å²) in [6.07, 6.45) is 3.73. The van der Waals surface area contributed by atoms with Crippen molar-refractivity contribution >= 4 is 18.0 Å². The van der Waals surface area contributed by atoms with E-state index in [9.17, 15) is 14.4 Å². The highest BCUT2D eigenvalue weighted by molar-refractivity contribution is 5.82. The molecular weight excluding hydrogens is 432 g/mol. The largest absolute Gasteiger partial charge is 0.449 e. The van der Waals surface area contributed by atoms with E-state index in [4.69, 9.17) is 9.47 Å². The van der Waals surface area contributed by atoms with E-state index in [1.54, 1.807) is 6.07 Å². The number of carbonyl (C=O) groups excluding carboxylic acids is 3. The van der Waals surface area contributed by atoms with Crippen LogP contribution in [0.1, 0.15) is 52.0 Å². The van der Waals surface area contributed by atoms with Crippen LogP contribution in [0, 0.1) is 0 Å². The standard InChI is InChI=1S/C27H36N2O5/c1-4-6-17-28-26(31)20-29(27(32)33-19-7-5-2)18-16-22-12-14-23(15-13-22)24-10-8-9-11-25(24)34-21(3)30/h8-15H,4-7,16-20H2,1-3H3,(H,28,31). The van der Waals surface area contributed by atoms with Gasteiger partial charge in [0, 0.05) is 25.6 Å². The van der Waals surface area contributed by atoms with E-state index in [-0.39, 0.29) is 18.4 Å². The monoisotopic (exact) mass is 468 g/mol. The number of rotatable bonds is 13. The molecule has 0 spiro atoms. The van der Waals surface area contributed by atoms with Crippen molar-refractivity contribution in [2.75, 3.05) is 26.2 Å². The molecule has 2 aromatic carbocycles. The molecule has 184 valence electrons. The number of ether oxygens (including phenoxy) is 2. The van der Waals surface area contributed by atoms with Gasteiger partial charge in [0.15, 0.2) is 0 Å². The van der Waals surface area contributed by atoms with Gasteiger partial charge in [-0.05, 0) is 36.5 Å². The molecule has 0 heterocycles. The Labute approximate surface area is 202 Å². The Morgan fingerprint density at radius 1 is 0.941 bits per heavy atom.